The van der Waals surface area contributed by atoms with Crippen molar-refractivity contribution in [2.24, 2.45) is 0 Å². The number of aromatic nitrogens is 4. The molecular formula is C13H13ClN4O2. The fourth-order valence-electron chi connectivity index (χ4n) is 2.86. The van der Waals surface area contributed by atoms with Crippen LogP contribution in [0.25, 0.3) is 11.2 Å². The van der Waals surface area contributed by atoms with Crippen molar-refractivity contribution in [1.29, 1.82) is 0 Å². The van der Waals surface area contributed by atoms with E-state index in [1.165, 1.54) is 6.33 Å². The summed E-state index contributed by atoms with van der Waals surface area (Å²) >= 11 is 6.03. The summed E-state index contributed by atoms with van der Waals surface area (Å²) in [6, 6.07) is -0.00209. The summed E-state index contributed by atoms with van der Waals surface area (Å²) in [6.07, 6.45) is 7.13. The molecule has 3 atom stereocenters. The van der Waals surface area contributed by atoms with Gasteiger partial charge in [0.1, 0.15) is 24.1 Å². The van der Waals surface area contributed by atoms with Gasteiger partial charge in [0, 0.05) is 0 Å². The molecule has 0 amide bonds. The van der Waals surface area contributed by atoms with Crippen molar-refractivity contribution in [3.63, 3.8) is 0 Å². The summed E-state index contributed by atoms with van der Waals surface area (Å²) in [5.74, 6) is -0.568. The Hall–Kier alpha value is -1.50. The highest BCUT2D eigenvalue weighted by molar-refractivity contribution is 6.33. The van der Waals surface area contributed by atoms with Gasteiger partial charge in [0.15, 0.2) is 16.6 Å². The number of fused-ring (bicyclic) bond motifs is 2. The molecule has 104 valence electrons. The van der Waals surface area contributed by atoms with E-state index < -0.39 is 5.79 Å². The second kappa shape index (κ2) is 4.00. The highest BCUT2D eigenvalue weighted by Crippen LogP contribution is 2.40. The Bertz CT molecular complexity index is 711. The third kappa shape index (κ3) is 1.69. The van der Waals surface area contributed by atoms with Gasteiger partial charge >= 0.3 is 0 Å². The number of rotatable bonds is 1. The molecule has 2 aromatic heterocycles. The third-order valence-electron chi connectivity index (χ3n) is 3.63. The largest absolute Gasteiger partial charge is 0.342 e. The van der Waals surface area contributed by atoms with Gasteiger partial charge in [-0.1, -0.05) is 23.8 Å². The van der Waals surface area contributed by atoms with Crippen LogP contribution in [0.4, 0.5) is 0 Å². The quantitative estimate of drug-likeness (QED) is 0.595. The van der Waals surface area contributed by atoms with Crippen LogP contribution in [-0.2, 0) is 9.47 Å². The predicted octanol–water partition coefficient (Wildman–Crippen LogP) is 2.11. The van der Waals surface area contributed by atoms with Crippen LogP contribution in [0.1, 0.15) is 19.9 Å². The number of imidazole rings is 1. The van der Waals surface area contributed by atoms with Gasteiger partial charge in [-0.2, -0.15) is 0 Å². The van der Waals surface area contributed by atoms with Gasteiger partial charge in [0.05, 0.1) is 12.4 Å². The minimum absolute atomic E-state index is 0.00209. The Morgan fingerprint density at radius 1 is 1.20 bits per heavy atom. The molecule has 3 heterocycles. The lowest BCUT2D eigenvalue weighted by atomic mass is 10.2. The SMILES string of the molecule is CC1(C)O[C@H]2[C@H](n3cnc4c(Cl)ncnc43)C=C[C@H]2O1. The van der Waals surface area contributed by atoms with E-state index in [-0.39, 0.29) is 18.2 Å². The van der Waals surface area contributed by atoms with Crippen LogP contribution in [0.15, 0.2) is 24.8 Å². The van der Waals surface area contributed by atoms with Gasteiger partial charge in [-0.25, -0.2) is 15.0 Å². The van der Waals surface area contributed by atoms with Crippen LogP contribution in [-0.4, -0.2) is 37.5 Å². The molecule has 1 fully saturated rings. The van der Waals surface area contributed by atoms with Gasteiger partial charge in [-0.3, -0.25) is 0 Å². The fraction of sp³-hybridized carbons (Fsp3) is 0.462. The summed E-state index contributed by atoms with van der Waals surface area (Å²) in [7, 11) is 0. The molecule has 4 rings (SSSR count). The lowest BCUT2D eigenvalue weighted by Gasteiger charge is -2.21. The second-order valence-corrected chi connectivity index (χ2v) is 5.79. The van der Waals surface area contributed by atoms with Gasteiger partial charge in [-0.15, -0.1) is 0 Å². The molecule has 2 aliphatic rings. The number of nitrogens with zero attached hydrogens (tertiary/aromatic N) is 4. The first kappa shape index (κ1) is 12.3. The zero-order chi connectivity index (χ0) is 13.9. The van der Waals surface area contributed by atoms with E-state index in [9.17, 15) is 0 Å². The first-order valence-electron chi connectivity index (χ1n) is 6.42. The van der Waals surface area contributed by atoms with Crippen molar-refractivity contribution in [1.82, 2.24) is 19.5 Å². The predicted molar refractivity (Wildman–Crippen MR) is 72.3 cm³/mol. The monoisotopic (exact) mass is 292 g/mol. The first-order valence-corrected chi connectivity index (χ1v) is 6.80. The summed E-state index contributed by atoms with van der Waals surface area (Å²) in [6.45, 7) is 3.84. The zero-order valence-electron chi connectivity index (χ0n) is 11.0. The van der Waals surface area contributed by atoms with E-state index in [1.807, 2.05) is 24.5 Å². The van der Waals surface area contributed by atoms with Gasteiger partial charge in [-0.05, 0) is 13.8 Å². The number of hydrogen-bond donors (Lipinski definition) is 0. The molecule has 1 aliphatic carbocycles. The van der Waals surface area contributed by atoms with Gasteiger partial charge in [0.2, 0.25) is 0 Å². The minimum atomic E-state index is -0.568. The van der Waals surface area contributed by atoms with Crippen molar-refractivity contribution in [2.45, 2.75) is 37.9 Å². The van der Waals surface area contributed by atoms with Crippen LogP contribution in [0.5, 0.6) is 0 Å². The highest BCUT2D eigenvalue weighted by atomic mass is 35.5. The van der Waals surface area contributed by atoms with E-state index in [0.717, 1.165) is 0 Å². The Kier molecular flexibility index (Phi) is 2.45. The summed E-state index contributed by atoms with van der Waals surface area (Å²) in [5.41, 5.74) is 1.30. The van der Waals surface area contributed by atoms with Crippen LogP contribution < -0.4 is 0 Å². The van der Waals surface area contributed by atoms with Gasteiger partial charge < -0.3 is 14.0 Å². The molecule has 2 aromatic rings. The van der Waals surface area contributed by atoms with E-state index in [2.05, 4.69) is 21.0 Å². The average molecular weight is 293 g/mol. The minimum Gasteiger partial charge on any atom is -0.342 e. The lowest BCUT2D eigenvalue weighted by Crippen LogP contribution is -2.27. The zero-order valence-corrected chi connectivity index (χ0v) is 11.8. The smallest absolute Gasteiger partial charge is 0.165 e. The topological polar surface area (TPSA) is 62.1 Å². The number of hydrogen-bond acceptors (Lipinski definition) is 5. The number of ether oxygens (including phenoxy) is 2. The van der Waals surface area contributed by atoms with E-state index in [4.69, 9.17) is 21.1 Å². The Morgan fingerprint density at radius 3 is 2.90 bits per heavy atom. The maximum Gasteiger partial charge on any atom is 0.165 e. The average Bonchev–Trinajstić information content (AvgIpc) is 3.01. The highest BCUT2D eigenvalue weighted by Gasteiger charge is 2.47. The van der Waals surface area contributed by atoms with Crippen molar-refractivity contribution < 1.29 is 9.47 Å². The molecule has 1 saturated heterocycles. The van der Waals surface area contributed by atoms with E-state index in [0.29, 0.717) is 16.3 Å². The molecule has 0 N–H and O–H groups in total. The van der Waals surface area contributed by atoms with Crippen LogP contribution >= 0.6 is 11.6 Å². The number of halogens is 1. The molecule has 0 bridgehead atoms. The molecule has 0 unspecified atom stereocenters. The lowest BCUT2D eigenvalue weighted by molar-refractivity contribution is -0.146. The van der Waals surface area contributed by atoms with Crippen LogP contribution in [0.3, 0.4) is 0 Å². The fourth-order valence-corrected chi connectivity index (χ4v) is 3.03. The normalized spacial score (nSPS) is 31.1. The standard InChI is InChI=1S/C13H13ClN4O2/c1-13(2)19-8-4-3-7(10(8)20-13)18-6-17-9-11(14)15-5-16-12(9)18/h3-8,10H,1-2H3/t7-,8-,10+/m1/s1. The summed E-state index contributed by atoms with van der Waals surface area (Å²) in [5, 5.41) is 0.358. The maximum atomic E-state index is 6.03. The molecule has 0 aromatic carbocycles. The summed E-state index contributed by atoms with van der Waals surface area (Å²) in [4.78, 5) is 12.5. The van der Waals surface area contributed by atoms with Crippen LogP contribution in [0, 0.1) is 0 Å². The Labute approximate surface area is 120 Å². The molecule has 0 saturated carbocycles. The van der Waals surface area contributed by atoms with Crippen molar-refractivity contribution in [3.05, 3.63) is 30.0 Å². The Balaban J connectivity index is 1.78. The molecular weight excluding hydrogens is 280 g/mol. The van der Waals surface area contributed by atoms with Crippen molar-refractivity contribution in [2.75, 3.05) is 0 Å². The molecule has 7 heteroatoms. The third-order valence-corrected chi connectivity index (χ3v) is 3.91. The van der Waals surface area contributed by atoms with Crippen LogP contribution in [0.2, 0.25) is 5.15 Å². The first-order chi connectivity index (χ1) is 9.55. The second-order valence-electron chi connectivity index (χ2n) is 5.43. The van der Waals surface area contributed by atoms with E-state index in [1.54, 1.807) is 6.33 Å². The molecule has 1 aliphatic heterocycles. The van der Waals surface area contributed by atoms with Gasteiger partial charge in [0.25, 0.3) is 0 Å². The van der Waals surface area contributed by atoms with Crippen molar-refractivity contribution in [3.8, 4) is 0 Å². The molecule has 20 heavy (non-hydrogen) atoms. The molecule has 0 radical (unpaired) electrons. The van der Waals surface area contributed by atoms with Crippen molar-refractivity contribution >= 4 is 22.8 Å². The molecule has 6 nitrogen and oxygen atoms in total. The summed E-state index contributed by atoms with van der Waals surface area (Å²) < 4.78 is 13.8. The maximum absolute atomic E-state index is 6.03. The molecule has 0 spiro atoms. The Morgan fingerprint density at radius 2 is 2.05 bits per heavy atom. The van der Waals surface area contributed by atoms with E-state index >= 15 is 0 Å².